The first-order valence-electron chi connectivity index (χ1n) is 8.34. The molecule has 0 saturated carbocycles. The Kier molecular flexibility index (Phi) is 9.73. The Morgan fingerprint density at radius 2 is 1.69 bits per heavy atom. The summed E-state index contributed by atoms with van der Waals surface area (Å²) < 4.78 is 10.2. The van der Waals surface area contributed by atoms with Gasteiger partial charge in [0.2, 0.25) is 5.91 Å². The third-order valence-electron chi connectivity index (χ3n) is 4.02. The molecule has 0 aliphatic heterocycles. The highest BCUT2D eigenvalue weighted by Crippen LogP contribution is 2.13. The third-order valence-corrected chi connectivity index (χ3v) is 4.02. The highest BCUT2D eigenvalue weighted by molar-refractivity contribution is 5.85. The summed E-state index contributed by atoms with van der Waals surface area (Å²) in [6.45, 7) is 1.34. The smallest absolute Gasteiger partial charge is 0.242 e. The number of methoxy groups -OCH3 is 2. The molecule has 0 radical (unpaired) electrons. The molecular formula is C20H27ClN2O3. The summed E-state index contributed by atoms with van der Waals surface area (Å²) in [4.78, 5) is 14.5. The number of amides is 1. The molecule has 1 amide bonds. The minimum Gasteiger partial charge on any atom is -0.497 e. The topological polar surface area (TPSA) is 64.8 Å². The molecule has 26 heavy (non-hydrogen) atoms. The lowest BCUT2D eigenvalue weighted by Crippen LogP contribution is -2.46. The Morgan fingerprint density at radius 1 is 1.04 bits per heavy atom. The average molecular weight is 379 g/mol. The highest BCUT2D eigenvalue weighted by Gasteiger charge is 2.21. The zero-order valence-corrected chi connectivity index (χ0v) is 16.1. The minimum atomic E-state index is -0.649. The molecule has 2 rings (SSSR count). The van der Waals surface area contributed by atoms with E-state index in [1.165, 1.54) is 0 Å². The second kappa shape index (κ2) is 11.5. The van der Waals surface area contributed by atoms with Crippen LogP contribution in [0.3, 0.4) is 0 Å². The number of carbonyl (C=O) groups is 1. The van der Waals surface area contributed by atoms with Gasteiger partial charge in [0.05, 0.1) is 13.7 Å². The Bertz CT molecular complexity index is 650. The molecule has 6 heteroatoms. The summed E-state index contributed by atoms with van der Waals surface area (Å²) in [5.74, 6) is 0.724. The van der Waals surface area contributed by atoms with Gasteiger partial charge in [0, 0.05) is 20.2 Å². The van der Waals surface area contributed by atoms with E-state index in [9.17, 15) is 4.79 Å². The van der Waals surface area contributed by atoms with Crippen LogP contribution in [0.5, 0.6) is 5.75 Å². The Balaban J connectivity index is 0.00000338. The van der Waals surface area contributed by atoms with Gasteiger partial charge in [0.25, 0.3) is 0 Å². The molecule has 0 aliphatic carbocycles. The van der Waals surface area contributed by atoms with Crippen LogP contribution in [-0.2, 0) is 22.5 Å². The van der Waals surface area contributed by atoms with E-state index in [-0.39, 0.29) is 24.9 Å². The van der Waals surface area contributed by atoms with Crippen molar-refractivity contribution >= 4 is 18.3 Å². The van der Waals surface area contributed by atoms with Crippen LogP contribution < -0.4 is 10.5 Å². The molecule has 2 aromatic carbocycles. The van der Waals surface area contributed by atoms with E-state index in [2.05, 4.69) is 0 Å². The van der Waals surface area contributed by atoms with Crippen LogP contribution in [0.2, 0.25) is 0 Å². The van der Waals surface area contributed by atoms with E-state index in [0.717, 1.165) is 23.3 Å². The monoisotopic (exact) mass is 378 g/mol. The van der Waals surface area contributed by atoms with Crippen molar-refractivity contribution in [2.45, 2.75) is 19.0 Å². The van der Waals surface area contributed by atoms with E-state index in [0.29, 0.717) is 13.1 Å². The fourth-order valence-corrected chi connectivity index (χ4v) is 2.61. The molecule has 5 nitrogen and oxygen atoms in total. The summed E-state index contributed by atoms with van der Waals surface area (Å²) in [6, 6.07) is 17.1. The fraction of sp³-hybridized carbons (Fsp3) is 0.350. The van der Waals surface area contributed by atoms with Crippen LogP contribution in [0.15, 0.2) is 54.6 Å². The molecule has 0 heterocycles. The largest absolute Gasteiger partial charge is 0.497 e. The number of carbonyl (C=O) groups excluding carboxylic acids is 1. The van der Waals surface area contributed by atoms with Crippen molar-refractivity contribution in [3.05, 3.63) is 65.7 Å². The van der Waals surface area contributed by atoms with Crippen molar-refractivity contribution in [2.75, 3.05) is 27.4 Å². The first-order valence-corrected chi connectivity index (χ1v) is 8.34. The van der Waals surface area contributed by atoms with E-state index in [1.54, 1.807) is 19.1 Å². The van der Waals surface area contributed by atoms with Gasteiger partial charge in [-0.25, -0.2) is 0 Å². The Hall–Kier alpha value is -2.08. The van der Waals surface area contributed by atoms with Crippen LogP contribution in [0.4, 0.5) is 0 Å². The predicted octanol–water partition coefficient (Wildman–Crippen LogP) is 2.66. The number of rotatable bonds is 9. The van der Waals surface area contributed by atoms with Gasteiger partial charge in [-0.2, -0.15) is 0 Å². The fourth-order valence-electron chi connectivity index (χ4n) is 2.61. The standard InChI is InChI=1S/C20H26N2O3.ClH/c1-24-15-19(21)20(23)22(14-17-6-4-3-5-7-17)13-12-16-8-10-18(25-2)11-9-16;/h3-11,19H,12-15,21H2,1-2H3;1H. The minimum absolute atomic E-state index is 0. The normalized spacial score (nSPS) is 11.3. The van der Waals surface area contributed by atoms with Gasteiger partial charge in [-0.1, -0.05) is 42.5 Å². The van der Waals surface area contributed by atoms with Crippen LogP contribution in [-0.4, -0.2) is 44.2 Å². The number of ether oxygens (including phenoxy) is 2. The van der Waals surface area contributed by atoms with E-state index >= 15 is 0 Å². The molecule has 2 N–H and O–H groups in total. The van der Waals surface area contributed by atoms with Crippen molar-refractivity contribution in [1.29, 1.82) is 0 Å². The summed E-state index contributed by atoms with van der Waals surface area (Å²) in [6.07, 6.45) is 0.752. The Morgan fingerprint density at radius 3 is 2.27 bits per heavy atom. The zero-order valence-electron chi connectivity index (χ0n) is 15.3. The van der Waals surface area contributed by atoms with Gasteiger partial charge in [-0.15, -0.1) is 12.4 Å². The predicted molar refractivity (Wildman–Crippen MR) is 106 cm³/mol. The SMILES string of the molecule is COCC(N)C(=O)N(CCc1ccc(OC)cc1)Cc1ccccc1.Cl. The molecule has 142 valence electrons. The van der Waals surface area contributed by atoms with Crippen LogP contribution in [0, 0.1) is 0 Å². The molecule has 0 saturated heterocycles. The van der Waals surface area contributed by atoms with Gasteiger partial charge in [-0.3, -0.25) is 4.79 Å². The van der Waals surface area contributed by atoms with E-state index in [1.807, 2.05) is 54.6 Å². The molecule has 0 fully saturated rings. The molecule has 1 atom stereocenters. The van der Waals surface area contributed by atoms with Gasteiger partial charge in [-0.05, 0) is 29.7 Å². The lowest BCUT2D eigenvalue weighted by atomic mass is 10.1. The maximum absolute atomic E-state index is 12.7. The zero-order chi connectivity index (χ0) is 18.1. The van der Waals surface area contributed by atoms with Crippen molar-refractivity contribution in [2.24, 2.45) is 5.73 Å². The number of halogens is 1. The molecule has 0 aliphatic rings. The van der Waals surface area contributed by atoms with Crippen molar-refractivity contribution in [1.82, 2.24) is 4.90 Å². The van der Waals surface area contributed by atoms with Crippen molar-refractivity contribution < 1.29 is 14.3 Å². The number of nitrogens with two attached hydrogens (primary N) is 1. The van der Waals surface area contributed by atoms with E-state index < -0.39 is 6.04 Å². The average Bonchev–Trinajstić information content (AvgIpc) is 2.66. The highest BCUT2D eigenvalue weighted by atomic mass is 35.5. The summed E-state index contributed by atoms with van der Waals surface area (Å²) in [5, 5.41) is 0. The Labute approximate surface area is 161 Å². The quantitative estimate of drug-likeness (QED) is 0.728. The van der Waals surface area contributed by atoms with Crippen LogP contribution in [0.1, 0.15) is 11.1 Å². The van der Waals surface area contributed by atoms with Crippen LogP contribution >= 0.6 is 12.4 Å². The third kappa shape index (κ3) is 6.67. The number of nitrogens with zero attached hydrogens (tertiary/aromatic N) is 1. The number of hydrogen-bond acceptors (Lipinski definition) is 4. The second-order valence-corrected chi connectivity index (χ2v) is 5.91. The van der Waals surface area contributed by atoms with Gasteiger partial charge in [0.1, 0.15) is 11.8 Å². The van der Waals surface area contributed by atoms with Gasteiger partial charge >= 0.3 is 0 Å². The molecular weight excluding hydrogens is 352 g/mol. The maximum atomic E-state index is 12.7. The molecule has 2 aromatic rings. The molecule has 1 unspecified atom stereocenters. The van der Waals surface area contributed by atoms with Crippen molar-refractivity contribution in [3.8, 4) is 5.75 Å². The molecule has 0 aromatic heterocycles. The van der Waals surface area contributed by atoms with E-state index in [4.69, 9.17) is 15.2 Å². The summed E-state index contributed by atoms with van der Waals surface area (Å²) in [7, 11) is 3.19. The number of hydrogen-bond donors (Lipinski definition) is 1. The van der Waals surface area contributed by atoms with Crippen molar-refractivity contribution in [3.63, 3.8) is 0 Å². The first-order chi connectivity index (χ1) is 12.1. The maximum Gasteiger partial charge on any atom is 0.242 e. The number of benzene rings is 2. The van der Waals surface area contributed by atoms with Gasteiger partial charge in [0.15, 0.2) is 0 Å². The van der Waals surface area contributed by atoms with Gasteiger partial charge < -0.3 is 20.1 Å². The summed E-state index contributed by atoms with van der Waals surface area (Å²) >= 11 is 0. The van der Waals surface area contributed by atoms with Crippen LogP contribution in [0.25, 0.3) is 0 Å². The molecule has 0 spiro atoms. The lowest BCUT2D eigenvalue weighted by Gasteiger charge is -2.26. The molecule has 0 bridgehead atoms. The second-order valence-electron chi connectivity index (χ2n) is 5.91. The summed E-state index contributed by atoms with van der Waals surface area (Å²) in [5.41, 5.74) is 8.18. The lowest BCUT2D eigenvalue weighted by molar-refractivity contribution is -0.134. The first kappa shape index (κ1) is 22.0.